The van der Waals surface area contributed by atoms with E-state index in [0.717, 1.165) is 6.42 Å². The third-order valence-electron chi connectivity index (χ3n) is 4.49. The van der Waals surface area contributed by atoms with Crippen molar-refractivity contribution >= 4 is 11.8 Å². The summed E-state index contributed by atoms with van der Waals surface area (Å²) in [5.74, 6) is -0.571. The summed E-state index contributed by atoms with van der Waals surface area (Å²) in [4.78, 5) is 22.9. The molecule has 1 aliphatic heterocycles. The number of ether oxygens (including phenoxy) is 1. The number of amides is 2. The molecule has 1 aliphatic carbocycles. The lowest BCUT2D eigenvalue weighted by Gasteiger charge is -2.60. The summed E-state index contributed by atoms with van der Waals surface area (Å²) in [7, 11) is 0. The lowest BCUT2D eigenvalue weighted by molar-refractivity contribution is -0.175. The number of nitrogens with one attached hydrogen (secondary N) is 1. The molecule has 0 bridgehead atoms. The second-order valence-electron chi connectivity index (χ2n) is 5.75. The van der Waals surface area contributed by atoms with Crippen molar-refractivity contribution < 1.29 is 14.3 Å². The Hall–Kier alpha value is -1.14. The summed E-state index contributed by atoms with van der Waals surface area (Å²) in [6.07, 6.45) is 1.00. The Morgan fingerprint density at radius 3 is 2.72 bits per heavy atom. The van der Waals surface area contributed by atoms with Crippen LogP contribution in [0.25, 0.3) is 0 Å². The smallest absolute Gasteiger partial charge is 0.241 e. The summed E-state index contributed by atoms with van der Waals surface area (Å²) in [6.45, 7) is 4.80. The molecule has 2 amide bonds. The van der Waals surface area contributed by atoms with Crippen LogP contribution in [-0.4, -0.2) is 36.6 Å². The van der Waals surface area contributed by atoms with Gasteiger partial charge < -0.3 is 21.5 Å². The number of rotatable bonds is 4. The second-order valence-corrected chi connectivity index (χ2v) is 5.75. The Labute approximate surface area is 106 Å². The molecule has 6 nitrogen and oxygen atoms in total. The Bertz CT molecular complexity index is 383. The van der Waals surface area contributed by atoms with Crippen molar-refractivity contribution in [3.05, 3.63) is 0 Å². The number of hydrogen-bond acceptors (Lipinski definition) is 4. The van der Waals surface area contributed by atoms with Crippen LogP contribution in [0.2, 0.25) is 0 Å². The van der Waals surface area contributed by atoms with E-state index in [1.54, 1.807) is 0 Å². The molecule has 1 heterocycles. The van der Waals surface area contributed by atoms with Crippen LogP contribution in [0.5, 0.6) is 0 Å². The fourth-order valence-electron chi connectivity index (χ4n) is 3.29. The molecule has 3 atom stereocenters. The second kappa shape index (κ2) is 4.20. The van der Waals surface area contributed by atoms with Gasteiger partial charge in [0.2, 0.25) is 11.8 Å². The van der Waals surface area contributed by atoms with Crippen molar-refractivity contribution in [2.45, 2.75) is 38.3 Å². The van der Waals surface area contributed by atoms with Gasteiger partial charge in [0.25, 0.3) is 0 Å². The van der Waals surface area contributed by atoms with Crippen LogP contribution in [0.4, 0.5) is 0 Å². The molecule has 2 fully saturated rings. The van der Waals surface area contributed by atoms with Crippen molar-refractivity contribution in [2.24, 2.45) is 22.8 Å². The van der Waals surface area contributed by atoms with E-state index in [9.17, 15) is 9.59 Å². The third-order valence-corrected chi connectivity index (χ3v) is 4.49. The summed E-state index contributed by atoms with van der Waals surface area (Å²) >= 11 is 0. The predicted molar refractivity (Wildman–Crippen MR) is 65.4 cm³/mol. The standard InChI is InChI=1S/C12H21N3O3/c1-11(2)9-7(4-6-18-9)12(11,14)10(17)15-5-3-8(13)16/h7,9H,3-6,14H2,1-2H3,(H2,13,16)(H,15,17). The maximum Gasteiger partial charge on any atom is 0.241 e. The number of hydrogen-bond donors (Lipinski definition) is 3. The van der Waals surface area contributed by atoms with Crippen molar-refractivity contribution in [3.63, 3.8) is 0 Å². The van der Waals surface area contributed by atoms with Gasteiger partial charge in [-0.25, -0.2) is 0 Å². The first-order chi connectivity index (χ1) is 8.31. The van der Waals surface area contributed by atoms with E-state index in [0.29, 0.717) is 6.61 Å². The van der Waals surface area contributed by atoms with Crippen LogP contribution in [0.1, 0.15) is 26.7 Å². The maximum absolute atomic E-state index is 12.2. The molecule has 0 radical (unpaired) electrons. The van der Waals surface area contributed by atoms with Gasteiger partial charge in [0.15, 0.2) is 0 Å². The Morgan fingerprint density at radius 2 is 2.11 bits per heavy atom. The molecular weight excluding hydrogens is 234 g/mol. The van der Waals surface area contributed by atoms with E-state index in [1.807, 2.05) is 13.8 Å². The Kier molecular flexibility index (Phi) is 3.11. The van der Waals surface area contributed by atoms with E-state index in [-0.39, 0.29) is 36.3 Å². The normalized spacial score (nSPS) is 36.6. The van der Waals surface area contributed by atoms with Crippen LogP contribution >= 0.6 is 0 Å². The van der Waals surface area contributed by atoms with Gasteiger partial charge in [-0.15, -0.1) is 0 Å². The zero-order valence-electron chi connectivity index (χ0n) is 10.9. The van der Waals surface area contributed by atoms with Crippen LogP contribution in [-0.2, 0) is 14.3 Å². The number of carbonyl (C=O) groups excluding carboxylic acids is 2. The molecule has 18 heavy (non-hydrogen) atoms. The SMILES string of the molecule is CC1(C)C2OCCC2C1(N)C(=O)NCCC(N)=O. The molecular formula is C12H21N3O3. The highest BCUT2D eigenvalue weighted by Crippen LogP contribution is 2.58. The number of fused-ring (bicyclic) bond motifs is 1. The molecule has 0 spiro atoms. The molecule has 1 saturated carbocycles. The lowest BCUT2D eigenvalue weighted by Crippen LogP contribution is -2.80. The van der Waals surface area contributed by atoms with Crippen LogP contribution < -0.4 is 16.8 Å². The molecule has 5 N–H and O–H groups in total. The average molecular weight is 255 g/mol. The van der Waals surface area contributed by atoms with Gasteiger partial charge in [-0.05, 0) is 6.42 Å². The van der Waals surface area contributed by atoms with Crippen LogP contribution in [0.3, 0.4) is 0 Å². The van der Waals surface area contributed by atoms with Crippen molar-refractivity contribution in [1.82, 2.24) is 5.32 Å². The monoisotopic (exact) mass is 255 g/mol. The van der Waals surface area contributed by atoms with Crippen molar-refractivity contribution in [2.75, 3.05) is 13.2 Å². The van der Waals surface area contributed by atoms with Gasteiger partial charge in [0.05, 0.1) is 6.10 Å². The summed E-state index contributed by atoms with van der Waals surface area (Å²) < 4.78 is 5.62. The quantitative estimate of drug-likeness (QED) is 0.606. The van der Waals surface area contributed by atoms with Gasteiger partial charge in [0.1, 0.15) is 5.54 Å². The first-order valence-electron chi connectivity index (χ1n) is 6.29. The minimum atomic E-state index is -0.911. The van der Waals surface area contributed by atoms with Gasteiger partial charge in [-0.2, -0.15) is 0 Å². The zero-order valence-corrected chi connectivity index (χ0v) is 10.9. The van der Waals surface area contributed by atoms with Gasteiger partial charge in [-0.3, -0.25) is 9.59 Å². The van der Waals surface area contributed by atoms with E-state index < -0.39 is 11.4 Å². The first-order valence-corrected chi connectivity index (χ1v) is 6.29. The van der Waals surface area contributed by atoms with E-state index in [1.165, 1.54) is 0 Å². The highest BCUT2D eigenvalue weighted by Gasteiger charge is 2.71. The Balaban J connectivity index is 2.02. The summed E-state index contributed by atoms with van der Waals surface area (Å²) in [5, 5.41) is 2.70. The molecule has 0 aromatic heterocycles. The predicted octanol–water partition coefficient (Wildman–Crippen LogP) is -0.880. The van der Waals surface area contributed by atoms with E-state index in [4.69, 9.17) is 16.2 Å². The number of nitrogens with two attached hydrogens (primary N) is 2. The molecule has 1 saturated heterocycles. The average Bonchev–Trinajstić information content (AvgIpc) is 2.74. The van der Waals surface area contributed by atoms with Crippen molar-refractivity contribution in [3.8, 4) is 0 Å². The largest absolute Gasteiger partial charge is 0.377 e. The highest BCUT2D eigenvalue weighted by atomic mass is 16.5. The number of primary amides is 1. The molecule has 2 rings (SSSR count). The van der Waals surface area contributed by atoms with Crippen LogP contribution in [0.15, 0.2) is 0 Å². The molecule has 2 aliphatic rings. The molecule has 0 aromatic rings. The molecule has 3 unspecified atom stereocenters. The molecule has 0 aromatic carbocycles. The number of carbonyl (C=O) groups is 2. The summed E-state index contributed by atoms with van der Waals surface area (Å²) in [5.41, 5.74) is 10.1. The highest BCUT2D eigenvalue weighted by molar-refractivity contribution is 5.90. The minimum Gasteiger partial charge on any atom is -0.377 e. The molecule has 6 heteroatoms. The van der Waals surface area contributed by atoms with E-state index >= 15 is 0 Å². The van der Waals surface area contributed by atoms with Crippen LogP contribution in [0, 0.1) is 11.3 Å². The van der Waals surface area contributed by atoms with Crippen molar-refractivity contribution in [1.29, 1.82) is 0 Å². The minimum absolute atomic E-state index is 0.0596. The first kappa shape index (κ1) is 13.3. The fourth-order valence-corrected chi connectivity index (χ4v) is 3.29. The van der Waals surface area contributed by atoms with E-state index in [2.05, 4.69) is 5.32 Å². The molecule has 102 valence electrons. The maximum atomic E-state index is 12.2. The summed E-state index contributed by atoms with van der Waals surface area (Å²) in [6, 6.07) is 0. The lowest BCUT2D eigenvalue weighted by atomic mass is 9.48. The topological polar surface area (TPSA) is 107 Å². The van der Waals surface area contributed by atoms with Gasteiger partial charge in [0, 0.05) is 30.9 Å². The van der Waals surface area contributed by atoms with Gasteiger partial charge >= 0.3 is 0 Å². The fraction of sp³-hybridized carbons (Fsp3) is 0.833. The zero-order chi connectivity index (χ0) is 13.6. The third kappa shape index (κ3) is 1.63. The Morgan fingerprint density at radius 1 is 1.44 bits per heavy atom. The van der Waals surface area contributed by atoms with Gasteiger partial charge in [-0.1, -0.05) is 13.8 Å².